The van der Waals surface area contributed by atoms with Crippen LogP contribution in [0.4, 0.5) is 0 Å². The minimum Gasteiger partial charge on any atom is -0.375 e. The van der Waals surface area contributed by atoms with E-state index in [1.807, 2.05) is 37.3 Å². The van der Waals surface area contributed by atoms with Crippen molar-refractivity contribution in [3.05, 3.63) is 35.9 Å². The number of hydrogen-bond acceptors (Lipinski definition) is 5. The molecule has 2 N–H and O–H groups in total. The first-order valence-electron chi connectivity index (χ1n) is 8.18. The molecule has 0 aliphatic carbocycles. The molecule has 1 atom stereocenters. The van der Waals surface area contributed by atoms with E-state index < -0.39 is 20.5 Å². The van der Waals surface area contributed by atoms with Crippen molar-refractivity contribution in [3.8, 4) is 0 Å². The number of halogens is 1. The van der Waals surface area contributed by atoms with Crippen LogP contribution in [0, 0.1) is 0 Å². The van der Waals surface area contributed by atoms with Crippen molar-refractivity contribution in [1.29, 1.82) is 0 Å². The van der Waals surface area contributed by atoms with Crippen molar-refractivity contribution in [2.75, 3.05) is 26.0 Å². The molecule has 0 spiro atoms. The van der Waals surface area contributed by atoms with Gasteiger partial charge in [0.1, 0.15) is 0 Å². The lowest BCUT2D eigenvalue weighted by molar-refractivity contribution is -0.125. The van der Waals surface area contributed by atoms with Gasteiger partial charge in [-0.05, 0) is 38.4 Å². The molecule has 0 saturated carbocycles. The van der Waals surface area contributed by atoms with Gasteiger partial charge in [-0.15, -0.1) is 12.4 Å². The molecular weight excluding hydrogens is 364 g/mol. The molecule has 2 rings (SSSR count). The number of amides is 1. The number of rotatable bonds is 7. The summed E-state index contributed by atoms with van der Waals surface area (Å²) in [4.78, 5) is 12.6. The van der Waals surface area contributed by atoms with E-state index in [0.29, 0.717) is 39.1 Å². The third-order valence-corrected chi connectivity index (χ3v) is 6.40. The Labute approximate surface area is 156 Å². The molecule has 8 heteroatoms. The normalized spacial score (nSPS) is 18.0. The van der Waals surface area contributed by atoms with Gasteiger partial charge in [-0.2, -0.15) is 0 Å². The van der Waals surface area contributed by atoms with Gasteiger partial charge in [0.15, 0.2) is 14.6 Å². The smallest absolute Gasteiger partial charge is 0.241 e. The quantitative estimate of drug-likeness (QED) is 0.733. The summed E-state index contributed by atoms with van der Waals surface area (Å²) < 4.78 is 28.7. The van der Waals surface area contributed by atoms with Gasteiger partial charge in [0.05, 0.1) is 13.2 Å². The fraction of sp³-hybridized carbons (Fsp3) is 0.588. The summed E-state index contributed by atoms with van der Waals surface area (Å²) in [6.45, 7) is 3.67. The fourth-order valence-corrected chi connectivity index (χ4v) is 4.26. The Kier molecular flexibility index (Phi) is 8.34. The van der Waals surface area contributed by atoms with Gasteiger partial charge >= 0.3 is 0 Å². The molecule has 0 bridgehead atoms. The van der Waals surface area contributed by atoms with E-state index in [-0.39, 0.29) is 18.4 Å². The summed E-state index contributed by atoms with van der Waals surface area (Å²) in [5, 5.41) is 5.92. The van der Waals surface area contributed by atoms with Crippen LogP contribution in [0.25, 0.3) is 0 Å². The summed E-state index contributed by atoms with van der Waals surface area (Å²) >= 11 is 0. The highest BCUT2D eigenvalue weighted by Gasteiger charge is 2.48. The van der Waals surface area contributed by atoms with Crippen molar-refractivity contribution in [1.82, 2.24) is 10.6 Å². The highest BCUT2D eigenvalue weighted by Crippen LogP contribution is 2.28. The van der Waals surface area contributed by atoms with Crippen LogP contribution in [0.15, 0.2) is 30.3 Å². The van der Waals surface area contributed by atoms with Crippen LogP contribution in [-0.2, 0) is 26.0 Å². The molecule has 1 aromatic carbocycles. The molecule has 1 unspecified atom stereocenters. The van der Waals surface area contributed by atoms with Crippen molar-refractivity contribution >= 4 is 28.2 Å². The lowest BCUT2D eigenvalue weighted by atomic mass is 9.95. The molecule has 1 fully saturated rings. The Bertz CT molecular complexity index is 646. The maximum atomic E-state index is 12.6. The van der Waals surface area contributed by atoms with E-state index in [1.54, 1.807) is 0 Å². The van der Waals surface area contributed by atoms with Gasteiger partial charge in [-0.25, -0.2) is 8.42 Å². The zero-order valence-electron chi connectivity index (χ0n) is 14.7. The average Bonchev–Trinajstić information content (AvgIpc) is 2.55. The summed E-state index contributed by atoms with van der Waals surface area (Å²) in [6, 6.07) is 9.51. The number of benzene rings is 1. The van der Waals surface area contributed by atoms with Crippen LogP contribution in [0.2, 0.25) is 0 Å². The molecule has 1 aliphatic rings. The lowest BCUT2D eigenvalue weighted by Gasteiger charge is -2.35. The Balaban J connectivity index is 0.00000312. The number of hydrogen-bond donors (Lipinski definition) is 2. The summed E-state index contributed by atoms with van der Waals surface area (Å²) in [7, 11) is -3.49. The topological polar surface area (TPSA) is 84.5 Å². The third kappa shape index (κ3) is 5.67. The predicted octanol–water partition coefficient (Wildman–Crippen LogP) is 1.30. The van der Waals surface area contributed by atoms with Crippen LogP contribution in [0.3, 0.4) is 0 Å². The van der Waals surface area contributed by atoms with Crippen molar-refractivity contribution in [2.24, 2.45) is 0 Å². The fourth-order valence-electron chi connectivity index (χ4n) is 2.92. The zero-order chi connectivity index (χ0) is 17.6. The van der Waals surface area contributed by atoms with Crippen LogP contribution in [0.1, 0.15) is 25.3 Å². The first-order chi connectivity index (χ1) is 11.3. The molecule has 1 aromatic rings. The summed E-state index contributed by atoms with van der Waals surface area (Å²) in [5.74, 6) is -0.415. The molecule has 0 radical (unpaired) electrons. The lowest BCUT2D eigenvalue weighted by Crippen LogP contribution is -2.59. The van der Waals surface area contributed by atoms with Crippen LogP contribution in [-0.4, -0.2) is 51.1 Å². The van der Waals surface area contributed by atoms with Gasteiger partial charge in [0.2, 0.25) is 5.91 Å². The molecular formula is C17H27ClN2O4S. The number of nitrogens with one attached hydrogen (secondary N) is 2. The van der Waals surface area contributed by atoms with Crippen LogP contribution < -0.4 is 10.6 Å². The highest BCUT2D eigenvalue weighted by atomic mass is 35.5. The molecule has 1 heterocycles. The standard InChI is InChI=1S/C17H26N2O4S.ClH/c1-14(12-23-13-15-6-4-3-5-7-15)19-16(20)17(24(2,21)22)8-10-18-11-9-17;/h3-7,14,18H,8-13H2,1-2H3,(H,19,20);1H. The minimum atomic E-state index is -3.49. The van der Waals surface area contributed by atoms with Gasteiger partial charge in [-0.1, -0.05) is 30.3 Å². The maximum Gasteiger partial charge on any atom is 0.241 e. The number of piperidine rings is 1. The second-order valence-electron chi connectivity index (χ2n) is 6.39. The molecule has 6 nitrogen and oxygen atoms in total. The first kappa shape index (κ1) is 21.9. The molecule has 142 valence electrons. The predicted molar refractivity (Wildman–Crippen MR) is 101 cm³/mol. The summed E-state index contributed by atoms with van der Waals surface area (Å²) in [6.07, 6.45) is 1.75. The van der Waals surface area contributed by atoms with Gasteiger partial charge in [-0.3, -0.25) is 4.79 Å². The van der Waals surface area contributed by atoms with Crippen LogP contribution in [0.5, 0.6) is 0 Å². The second kappa shape index (κ2) is 9.52. The molecule has 25 heavy (non-hydrogen) atoms. The maximum absolute atomic E-state index is 12.6. The van der Waals surface area contributed by atoms with E-state index in [4.69, 9.17) is 4.74 Å². The summed E-state index contributed by atoms with van der Waals surface area (Å²) in [5.41, 5.74) is 1.06. The number of carbonyl (C=O) groups excluding carboxylic acids is 1. The largest absolute Gasteiger partial charge is 0.375 e. The van der Waals surface area contributed by atoms with Gasteiger partial charge in [0, 0.05) is 12.3 Å². The number of sulfone groups is 1. The molecule has 1 aliphatic heterocycles. The van der Waals surface area contributed by atoms with Crippen molar-refractivity contribution < 1.29 is 17.9 Å². The van der Waals surface area contributed by atoms with Gasteiger partial charge < -0.3 is 15.4 Å². The monoisotopic (exact) mass is 390 g/mol. The minimum absolute atomic E-state index is 0. The molecule has 0 aromatic heterocycles. The zero-order valence-corrected chi connectivity index (χ0v) is 16.3. The Hall–Kier alpha value is -1.15. The van der Waals surface area contributed by atoms with Crippen LogP contribution >= 0.6 is 12.4 Å². The molecule has 1 amide bonds. The van der Waals surface area contributed by atoms with E-state index in [2.05, 4.69) is 10.6 Å². The first-order valence-corrected chi connectivity index (χ1v) is 10.1. The number of ether oxygens (including phenoxy) is 1. The molecule has 1 saturated heterocycles. The van der Waals surface area contributed by atoms with E-state index in [0.717, 1.165) is 11.8 Å². The Morgan fingerprint density at radius 1 is 1.28 bits per heavy atom. The average molecular weight is 391 g/mol. The Morgan fingerprint density at radius 3 is 2.44 bits per heavy atom. The van der Waals surface area contributed by atoms with E-state index in [9.17, 15) is 13.2 Å². The SMILES string of the molecule is CC(COCc1ccccc1)NC(=O)C1(S(C)(=O)=O)CCNCC1.Cl. The Morgan fingerprint density at radius 2 is 1.88 bits per heavy atom. The highest BCUT2D eigenvalue weighted by molar-refractivity contribution is 7.92. The van der Waals surface area contributed by atoms with Crippen molar-refractivity contribution in [3.63, 3.8) is 0 Å². The van der Waals surface area contributed by atoms with Crippen molar-refractivity contribution in [2.45, 2.75) is 37.2 Å². The number of carbonyl (C=O) groups is 1. The second-order valence-corrected chi connectivity index (χ2v) is 8.72. The van der Waals surface area contributed by atoms with E-state index in [1.165, 1.54) is 0 Å². The van der Waals surface area contributed by atoms with Gasteiger partial charge in [0.25, 0.3) is 0 Å². The third-order valence-electron chi connectivity index (χ3n) is 4.39. The van der Waals surface area contributed by atoms with E-state index >= 15 is 0 Å².